The van der Waals surface area contributed by atoms with Crippen LogP contribution >= 0.6 is 11.3 Å². The number of hydrogen-bond donors (Lipinski definition) is 0. The molecule has 0 N–H and O–H groups in total. The second-order valence-electron chi connectivity index (χ2n) is 5.16. The number of rotatable bonds is 2. The van der Waals surface area contributed by atoms with E-state index in [1.54, 1.807) is 42.5 Å². The molecule has 2 aromatic carbocycles. The van der Waals surface area contributed by atoms with Crippen molar-refractivity contribution >= 4 is 23.0 Å². The Hall–Kier alpha value is -3.55. The van der Waals surface area contributed by atoms with Gasteiger partial charge < -0.3 is 0 Å². The summed E-state index contributed by atoms with van der Waals surface area (Å²) in [5.41, 5.74) is 0.131. The van der Waals surface area contributed by atoms with Crippen LogP contribution in [-0.2, 0) is 0 Å². The predicted molar refractivity (Wildman–Crippen MR) is 93.7 cm³/mol. The van der Waals surface area contributed by atoms with Gasteiger partial charge in [-0.15, -0.1) is 11.3 Å². The molecule has 0 bridgehead atoms. The number of nitriles is 2. The maximum absolute atomic E-state index is 13.4. The first-order valence-electron chi connectivity index (χ1n) is 7.33. The topological polar surface area (TPSA) is 69.6 Å². The van der Waals surface area contributed by atoms with Crippen LogP contribution in [0.2, 0.25) is 0 Å². The third-order valence-corrected chi connectivity index (χ3v) is 4.61. The molecule has 0 unspecified atom stereocenters. The Morgan fingerprint density at radius 3 is 2.35 bits per heavy atom. The van der Waals surface area contributed by atoms with E-state index in [0.717, 1.165) is 23.5 Å². The molecule has 3 rings (SSSR count). The highest BCUT2D eigenvalue weighted by atomic mass is 32.1. The predicted octanol–water partition coefficient (Wildman–Crippen LogP) is 2.20. The third-order valence-electron chi connectivity index (χ3n) is 3.52. The molecular formula is C19H9F2N3OS. The largest absolute Gasteiger partial charge is 0.273 e. The van der Waals surface area contributed by atoms with Crippen LogP contribution in [0, 0.1) is 34.3 Å². The van der Waals surface area contributed by atoms with Crippen molar-refractivity contribution in [1.82, 2.24) is 4.57 Å². The molecule has 0 aliphatic heterocycles. The van der Waals surface area contributed by atoms with Gasteiger partial charge in [0.1, 0.15) is 16.8 Å². The van der Waals surface area contributed by atoms with E-state index in [1.165, 1.54) is 16.7 Å². The molecule has 0 saturated heterocycles. The highest BCUT2D eigenvalue weighted by molar-refractivity contribution is 7.07. The quantitative estimate of drug-likeness (QED) is 0.699. The molecule has 26 heavy (non-hydrogen) atoms. The normalized spacial score (nSPS) is 11.0. The van der Waals surface area contributed by atoms with Crippen LogP contribution in [0.15, 0.2) is 53.3 Å². The van der Waals surface area contributed by atoms with Crippen molar-refractivity contribution in [2.75, 3.05) is 0 Å². The summed E-state index contributed by atoms with van der Waals surface area (Å²) in [5.74, 6) is -2.01. The number of thiazole rings is 1. The van der Waals surface area contributed by atoms with Crippen molar-refractivity contribution in [1.29, 1.82) is 10.5 Å². The molecule has 0 amide bonds. The van der Waals surface area contributed by atoms with Gasteiger partial charge in [0.05, 0.1) is 10.2 Å². The maximum atomic E-state index is 13.4. The first-order chi connectivity index (χ1) is 12.5. The maximum Gasteiger partial charge on any atom is 0.273 e. The van der Waals surface area contributed by atoms with Gasteiger partial charge in [-0.05, 0) is 35.9 Å². The zero-order chi connectivity index (χ0) is 18.7. The van der Waals surface area contributed by atoms with Gasteiger partial charge in [-0.1, -0.05) is 24.3 Å². The summed E-state index contributed by atoms with van der Waals surface area (Å²) in [6.07, 6.45) is 1.39. The zero-order valence-corrected chi connectivity index (χ0v) is 13.9. The molecule has 0 saturated carbocycles. The van der Waals surface area contributed by atoms with E-state index in [-0.39, 0.29) is 14.8 Å². The van der Waals surface area contributed by atoms with Crippen LogP contribution in [0.1, 0.15) is 5.56 Å². The average molecular weight is 365 g/mol. The van der Waals surface area contributed by atoms with Gasteiger partial charge >= 0.3 is 0 Å². The molecule has 0 atom stereocenters. The van der Waals surface area contributed by atoms with Crippen molar-refractivity contribution < 1.29 is 8.78 Å². The molecule has 3 aromatic rings. The lowest BCUT2D eigenvalue weighted by Crippen LogP contribution is -2.30. The summed E-state index contributed by atoms with van der Waals surface area (Å²) in [7, 11) is 0. The first kappa shape index (κ1) is 17.3. The lowest BCUT2D eigenvalue weighted by molar-refractivity contribution is 0.508. The van der Waals surface area contributed by atoms with Crippen LogP contribution in [0.25, 0.3) is 17.3 Å². The second-order valence-corrected chi connectivity index (χ2v) is 6.19. The van der Waals surface area contributed by atoms with Gasteiger partial charge in [0, 0.05) is 0 Å². The summed E-state index contributed by atoms with van der Waals surface area (Å²) in [4.78, 5) is 12.8. The molecule has 1 aromatic heterocycles. The molecule has 0 aliphatic rings. The van der Waals surface area contributed by atoms with Crippen LogP contribution in [0.5, 0.6) is 0 Å². The Kier molecular flexibility index (Phi) is 4.74. The Labute approximate surface area is 150 Å². The lowest BCUT2D eigenvalue weighted by atomic mass is 10.2. The monoisotopic (exact) mass is 365 g/mol. The molecular weight excluding hydrogens is 356 g/mol. The number of para-hydroxylation sites is 1. The van der Waals surface area contributed by atoms with Gasteiger partial charge in [-0.2, -0.15) is 10.5 Å². The molecule has 1 heterocycles. The van der Waals surface area contributed by atoms with Crippen molar-refractivity contribution in [2.45, 2.75) is 0 Å². The van der Waals surface area contributed by atoms with Crippen molar-refractivity contribution in [3.05, 3.63) is 85.3 Å². The number of benzene rings is 2. The fourth-order valence-electron chi connectivity index (χ4n) is 2.34. The number of nitrogens with zero attached hydrogens (tertiary/aromatic N) is 3. The summed E-state index contributed by atoms with van der Waals surface area (Å²) in [5, 5.41) is 18.4. The van der Waals surface area contributed by atoms with E-state index in [4.69, 9.17) is 0 Å². The van der Waals surface area contributed by atoms with Crippen LogP contribution in [0.4, 0.5) is 8.78 Å². The van der Waals surface area contributed by atoms with Gasteiger partial charge in [0.15, 0.2) is 17.2 Å². The summed E-state index contributed by atoms with van der Waals surface area (Å²) < 4.78 is 28.1. The summed E-state index contributed by atoms with van der Waals surface area (Å²) >= 11 is 0.940. The molecule has 7 heteroatoms. The minimum Gasteiger partial charge on any atom is -0.267 e. The van der Waals surface area contributed by atoms with Crippen LogP contribution < -0.4 is 14.8 Å². The van der Waals surface area contributed by atoms with Crippen LogP contribution in [0.3, 0.4) is 0 Å². The third kappa shape index (κ3) is 3.16. The Morgan fingerprint density at radius 1 is 1.04 bits per heavy atom. The number of aromatic nitrogens is 1. The van der Waals surface area contributed by atoms with E-state index in [9.17, 15) is 24.1 Å². The van der Waals surface area contributed by atoms with E-state index in [1.807, 2.05) is 0 Å². The van der Waals surface area contributed by atoms with E-state index < -0.39 is 17.2 Å². The zero-order valence-electron chi connectivity index (χ0n) is 13.1. The fraction of sp³-hybridized carbons (Fsp3) is 0. The van der Waals surface area contributed by atoms with Gasteiger partial charge in [0.2, 0.25) is 0 Å². The Bertz CT molecular complexity index is 1230. The van der Waals surface area contributed by atoms with E-state index in [2.05, 4.69) is 0 Å². The van der Waals surface area contributed by atoms with Crippen molar-refractivity contribution in [3.63, 3.8) is 0 Å². The highest BCUT2D eigenvalue weighted by Gasteiger charge is 2.11. The number of hydrogen-bond acceptors (Lipinski definition) is 4. The Balaban J connectivity index is 2.38. The minimum absolute atomic E-state index is 0.181. The van der Waals surface area contributed by atoms with E-state index in [0.29, 0.717) is 11.3 Å². The van der Waals surface area contributed by atoms with Gasteiger partial charge in [-0.25, -0.2) is 8.78 Å². The molecule has 0 aliphatic carbocycles. The molecule has 4 nitrogen and oxygen atoms in total. The van der Waals surface area contributed by atoms with Crippen LogP contribution in [-0.4, -0.2) is 4.57 Å². The molecule has 126 valence electrons. The lowest BCUT2D eigenvalue weighted by Gasteiger charge is -2.00. The molecule has 0 fully saturated rings. The SMILES string of the molecule is N#CC(C#N)=c1s/c(=C\c2ccc(F)c(F)c2)c(=O)n1-c1ccccc1. The fourth-order valence-corrected chi connectivity index (χ4v) is 3.39. The first-order valence-corrected chi connectivity index (χ1v) is 8.15. The highest BCUT2D eigenvalue weighted by Crippen LogP contribution is 2.09. The Morgan fingerprint density at radius 2 is 1.73 bits per heavy atom. The molecule has 0 radical (unpaired) electrons. The van der Waals surface area contributed by atoms with Gasteiger partial charge in [0.25, 0.3) is 5.56 Å². The number of halogens is 2. The molecule has 0 spiro atoms. The van der Waals surface area contributed by atoms with Crippen molar-refractivity contribution in [3.8, 4) is 17.8 Å². The smallest absolute Gasteiger partial charge is 0.267 e. The standard InChI is InChI=1S/C19H9F2N3OS/c20-15-7-6-12(8-16(15)21)9-17-18(25)24(14-4-2-1-3-5-14)19(26-17)13(10-22)11-23/h1-9H/b17-9-. The summed E-state index contributed by atoms with van der Waals surface area (Å²) in [6, 6.07) is 15.4. The average Bonchev–Trinajstić information content (AvgIpc) is 2.96. The minimum atomic E-state index is -1.03. The van der Waals surface area contributed by atoms with E-state index >= 15 is 0 Å². The van der Waals surface area contributed by atoms with Gasteiger partial charge in [-0.3, -0.25) is 9.36 Å². The summed E-state index contributed by atoms with van der Waals surface area (Å²) in [6.45, 7) is 0. The second kappa shape index (κ2) is 7.14. The van der Waals surface area contributed by atoms with Crippen molar-refractivity contribution in [2.24, 2.45) is 0 Å².